The number of rotatable bonds is 1. The zero-order chi connectivity index (χ0) is 14.1. The Hall–Kier alpha value is -1.97. The predicted octanol–water partition coefficient (Wildman–Crippen LogP) is 1.30. The van der Waals surface area contributed by atoms with Crippen LogP contribution in [0.15, 0.2) is 33.3 Å². The standard InChI is InChI=1S/C9H4F3N3O3S/c10-9(11,12)8(14-15-8)4-1-2-6-5(3-4)7(16)13-19(6,17)18/h1-3H,(H,13,16). The van der Waals surface area contributed by atoms with Crippen molar-refractivity contribution in [3.05, 3.63) is 29.3 Å². The maximum absolute atomic E-state index is 12.8. The molecule has 19 heavy (non-hydrogen) atoms. The van der Waals surface area contributed by atoms with Gasteiger partial charge in [0.25, 0.3) is 15.9 Å². The molecule has 0 unspecified atom stereocenters. The number of nitrogens with one attached hydrogen (secondary N) is 1. The van der Waals surface area contributed by atoms with Crippen molar-refractivity contribution < 1.29 is 26.4 Å². The van der Waals surface area contributed by atoms with Crippen molar-refractivity contribution in [2.45, 2.75) is 16.7 Å². The van der Waals surface area contributed by atoms with Gasteiger partial charge in [0, 0.05) is 5.56 Å². The van der Waals surface area contributed by atoms with E-state index in [1.165, 1.54) is 0 Å². The lowest BCUT2D eigenvalue weighted by Gasteiger charge is -2.14. The molecule has 1 aromatic carbocycles. The quantitative estimate of drug-likeness (QED) is 0.845. The van der Waals surface area contributed by atoms with Gasteiger partial charge < -0.3 is 0 Å². The lowest BCUT2D eigenvalue weighted by atomic mass is 10.0. The molecule has 0 fully saturated rings. The van der Waals surface area contributed by atoms with Gasteiger partial charge in [0.05, 0.1) is 5.56 Å². The summed E-state index contributed by atoms with van der Waals surface area (Å²) in [5, 5.41) is 5.96. The smallest absolute Gasteiger partial charge is 0.268 e. The van der Waals surface area contributed by atoms with Gasteiger partial charge in [0.15, 0.2) is 0 Å². The van der Waals surface area contributed by atoms with Crippen LogP contribution < -0.4 is 4.72 Å². The number of nitrogens with zero attached hydrogens (tertiary/aromatic N) is 2. The van der Waals surface area contributed by atoms with Crippen LogP contribution in [0, 0.1) is 0 Å². The molecule has 100 valence electrons. The fourth-order valence-electron chi connectivity index (χ4n) is 1.83. The summed E-state index contributed by atoms with van der Waals surface area (Å²) >= 11 is 0. The Kier molecular flexibility index (Phi) is 1.99. The van der Waals surface area contributed by atoms with Crippen LogP contribution in [0.1, 0.15) is 15.9 Å². The first-order chi connectivity index (χ1) is 8.67. The Morgan fingerprint density at radius 3 is 2.37 bits per heavy atom. The fraction of sp³-hybridized carbons (Fsp3) is 0.222. The van der Waals surface area contributed by atoms with Crippen molar-refractivity contribution in [2.24, 2.45) is 10.2 Å². The third kappa shape index (κ3) is 1.49. The van der Waals surface area contributed by atoms with Crippen LogP contribution in [0.25, 0.3) is 0 Å². The molecular weight excluding hydrogens is 287 g/mol. The minimum atomic E-state index is -4.73. The Balaban J connectivity index is 2.15. The van der Waals surface area contributed by atoms with Crippen LogP contribution in [0.3, 0.4) is 0 Å². The van der Waals surface area contributed by atoms with Gasteiger partial charge in [0.2, 0.25) is 0 Å². The molecule has 2 aliphatic rings. The molecule has 2 aliphatic heterocycles. The average molecular weight is 291 g/mol. The van der Waals surface area contributed by atoms with Crippen molar-refractivity contribution in [3.8, 4) is 0 Å². The van der Waals surface area contributed by atoms with Gasteiger partial charge in [0.1, 0.15) is 4.90 Å². The second kappa shape index (κ2) is 3.13. The molecule has 0 spiro atoms. The van der Waals surface area contributed by atoms with E-state index in [1.807, 2.05) is 0 Å². The predicted molar refractivity (Wildman–Crippen MR) is 53.7 cm³/mol. The molecule has 0 aliphatic carbocycles. The van der Waals surface area contributed by atoms with Gasteiger partial charge >= 0.3 is 11.8 Å². The molecule has 2 heterocycles. The van der Waals surface area contributed by atoms with Crippen LogP contribution in [-0.2, 0) is 15.7 Å². The molecule has 0 bridgehead atoms. The third-order valence-corrected chi connectivity index (χ3v) is 4.23. The molecule has 10 heteroatoms. The molecule has 1 aromatic rings. The number of amides is 1. The van der Waals surface area contributed by atoms with E-state index in [1.54, 1.807) is 4.72 Å². The average Bonchev–Trinajstić information content (AvgIpc) is 3.04. The van der Waals surface area contributed by atoms with Crippen LogP contribution in [-0.4, -0.2) is 20.5 Å². The van der Waals surface area contributed by atoms with Crippen LogP contribution in [0.5, 0.6) is 0 Å². The van der Waals surface area contributed by atoms with E-state index in [2.05, 4.69) is 10.2 Å². The second-order valence-corrected chi connectivity index (χ2v) is 5.67. The van der Waals surface area contributed by atoms with Crippen molar-refractivity contribution >= 4 is 15.9 Å². The molecule has 6 nitrogen and oxygen atoms in total. The maximum Gasteiger partial charge on any atom is 0.442 e. The van der Waals surface area contributed by atoms with E-state index < -0.39 is 27.8 Å². The number of hydrogen-bond donors (Lipinski definition) is 1. The monoisotopic (exact) mass is 291 g/mol. The van der Waals surface area contributed by atoms with Crippen LogP contribution >= 0.6 is 0 Å². The van der Waals surface area contributed by atoms with E-state index in [0.717, 1.165) is 18.2 Å². The number of carbonyl (C=O) groups is 1. The third-order valence-electron chi connectivity index (χ3n) is 2.84. The fourth-order valence-corrected chi connectivity index (χ4v) is 2.99. The highest BCUT2D eigenvalue weighted by Gasteiger charge is 2.65. The van der Waals surface area contributed by atoms with E-state index in [4.69, 9.17) is 0 Å². The summed E-state index contributed by atoms with van der Waals surface area (Å²) in [6.07, 6.45) is -4.73. The maximum atomic E-state index is 12.8. The first kappa shape index (κ1) is 12.1. The van der Waals surface area contributed by atoms with Crippen molar-refractivity contribution in [1.29, 1.82) is 0 Å². The number of benzene rings is 1. The first-order valence-electron chi connectivity index (χ1n) is 4.90. The number of halogens is 3. The number of sulfonamides is 1. The minimum Gasteiger partial charge on any atom is -0.268 e. The Labute approximate surface area is 104 Å². The molecule has 0 radical (unpaired) electrons. The van der Waals surface area contributed by atoms with Crippen molar-refractivity contribution in [1.82, 2.24) is 4.72 Å². The molecule has 0 saturated carbocycles. The van der Waals surface area contributed by atoms with Gasteiger partial charge in [-0.2, -0.15) is 13.2 Å². The van der Waals surface area contributed by atoms with E-state index in [-0.39, 0.29) is 16.0 Å². The number of fused-ring (bicyclic) bond motifs is 1. The summed E-state index contributed by atoms with van der Waals surface area (Å²) in [6, 6.07) is 2.74. The Bertz CT molecular complexity index is 733. The van der Waals surface area contributed by atoms with E-state index in [0.29, 0.717) is 0 Å². The molecule has 1 N–H and O–H groups in total. The summed E-state index contributed by atoms with van der Waals surface area (Å²) < 4.78 is 62.9. The summed E-state index contributed by atoms with van der Waals surface area (Å²) in [7, 11) is -3.97. The number of alkyl halides is 3. The van der Waals surface area contributed by atoms with Gasteiger partial charge in [-0.25, -0.2) is 13.1 Å². The van der Waals surface area contributed by atoms with Gasteiger partial charge in [-0.15, -0.1) is 10.2 Å². The molecule has 0 atom stereocenters. The summed E-state index contributed by atoms with van der Waals surface area (Å²) in [4.78, 5) is 11.0. The topological polar surface area (TPSA) is 88.0 Å². The summed E-state index contributed by atoms with van der Waals surface area (Å²) in [6.45, 7) is 0. The number of carbonyl (C=O) groups excluding carboxylic acids is 1. The Morgan fingerprint density at radius 1 is 1.21 bits per heavy atom. The van der Waals surface area contributed by atoms with Crippen LogP contribution in [0.4, 0.5) is 13.2 Å². The lowest BCUT2D eigenvalue weighted by molar-refractivity contribution is -0.166. The van der Waals surface area contributed by atoms with E-state index >= 15 is 0 Å². The second-order valence-electron chi connectivity index (χ2n) is 4.02. The zero-order valence-electron chi connectivity index (χ0n) is 8.89. The molecule has 0 aromatic heterocycles. The van der Waals surface area contributed by atoms with Crippen molar-refractivity contribution in [3.63, 3.8) is 0 Å². The normalized spacial score (nSPS) is 21.9. The summed E-state index contributed by atoms with van der Waals surface area (Å²) in [5.74, 6) is -0.963. The van der Waals surface area contributed by atoms with Crippen LogP contribution in [0.2, 0.25) is 0 Å². The number of hydrogen-bond acceptors (Lipinski definition) is 5. The van der Waals surface area contributed by atoms with E-state index in [9.17, 15) is 26.4 Å². The first-order valence-corrected chi connectivity index (χ1v) is 6.38. The largest absolute Gasteiger partial charge is 0.442 e. The SMILES string of the molecule is O=C1NS(=O)(=O)c2ccc(C3(C(F)(F)F)N=N3)cc21. The highest BCUT2D eigenvalue weighted by molar-refractivity contribution is 7.90. The Morgan fingerprint density at radius 2 is 1.84 bits per heavy atom. The summed E-state index contributed by atoms with van der Waals surface area (Å²) in [5.41, 5.74) is -3.39. The molecule has 1 amide bonds. The highest BCUT2D eigenvalue weighted by Crippen LogP contribution is 2.52. The van der Waals surface area contributed by atoms with Gasteiger partial charge in [-0.3, -0.25) is 4.79 Å². The van der Waals surface area contributed by atoms with Crippen molar-refractivity contribution in [2.75, 3.05) is 0 Å². The highest BCUT2D eigenvalue weighted by atomic mass is 32.2. The molecule has 3 rings (SSSR count). The van der Waals surface area contributed by atoms with Gasteiger partial charge in [-0.05, 0) is 12.1 Å². The lowest BCUT2D eigenvalue weighted by Crippen LogP contribution is -2.30. The zero-order valence-corrected chi connectivity index (χ0v) is 9.71. The van der Waals surface area contributed by atoms with Gasteiger partial charge in [-0.1, -0.05) is 6.07 Å². The molecular formula is C9H4F3N3O3S. The minimum absolute atomic E-state index is 0.335. The molecule has 0 saturated heterocycles.